The summed E-state index contributed by atoms with van der Waals surface area (Å²) >= 11 is 0. The smallest absolute Gasteiger partial charge is 0.317 e. The molecule has 132 valence electrons. The Hall–Kier alpha value is -1.62. The van der Waals surface area contributed by atoms with Gasteiger partial charge < -0.3 is 15.1 Å². The first-order valence-electron chi connectivity index (χ1n) is 9.29. The van der Waals surface area contributed by atoms with Gasteiger partial charge in [-0.2, -0.15) is 0 Å². The van der Waals surface area contributed by atoms with Crippen molar-refractivity contribution in [3.63, 3.8) is 0 Å². The summed E-state index contributed by atoms with van der Waals surface area (Å²) < 4.78 is 0. The topological polar surface area (TPSA) is 48.5 Å². The first-order chi connectivity index (χ1) is 11.6. The number of hydrogen-bond acceptors (Lipinski definition) is 3. The van der Waals surface area contributed by atoms with E-state index in [1.165, 1.54) is 32.2 Å². The van der Waals surface area contributed by atoms with Crippen LogP contribution in [0.2, 0.25) is 0 Å². The van der Waals surface area contributed by atoms with Crippen molar-refractivity contribution in [3.05, 3.63) is 30.1 Å². The van der Waals surface area contributed by atoms with E-state index in [0.29, 0.717) is 0 Å². The van der Waals surface area contributed by atoms with Crippen LogP contribution in [0.5, 0.6) is 0 Å². The summed E-state index contributed by atoms with van der Waals surface area (Å²) in [5.41, 5.74) is 1.06. The van der Waals surface area contributed by atoms with Crippen LogP contribution in [0.25, 0.3) is 0 Å². The van der Waals surface area contributed by atoms with Crippen molar-refractivity contribution < 1.29 is 4.79 Å². The number of carbonyl (C=O) groups is 1. The van der Waals surface area contributed by atoms with Gasteiger partial charge in [0, 0.05) is 45.1 Å². The molecule has 0 unspecified atom stereocenters. The molecule has 0 radical (unpaired) electrons. The lowest BCUT2D eigenvalue weighted by Gasteiger charge is -2.27. The van der Waals surface area contributed by atoms with Gasteiger partial charge in [0.1, 0.15) is 0 Å². The van der Waals surface area contributed by atoms with Crippen LogP contribution in [-0.2, 0) is 0 Å². The summed E-state index contributed by atoms with van der Waals surface area (Å²) in [5, 5.41) is 3.21. The van der Waals surface area contributed by atoms with E-state index in [2.05, 4.69) is 15.2 Å². The second-order valence-electron chi connectivity index (χ2n) is 7.42. The van der Waals surface area contributed by atoms with Crippen LogP contribution in [0.4, 0.5) is 4.79 Å². The SMILES string of the molecule is C[C@H](c1cccnc1)N(C)C(=O)N[C@@H]1CCN(CC2CCCC2)C1. The highest BCUT2D eigenvalue weighted by atomic mass is 16.2. The minimum Gasteiger partial charge on any atom is -0.334 e. The van der Waals surface area contributed by atoms with E-state index >= 15 is 0 Å². The fraction of sp³-hybridized carbons (Fsp3) is 0.684. The summed E-state index contributed by atoms with van der Waals surface area (Å²) in [6, 6.07) is 4.24. The molecule has 1 saturated heterocycles. The molecule has 2 fully saturated rings. The van der Waals surface area contributed by atoms with Crippen molar-refractivity contribution in [1.29, 1.82) is 0 Å². The molecule has 0 bridgehead atoms. The molecule has 2 amide bonds. The zero-order chi connectivity index (χ0) is 16.9. The van der Waals surface area contributed by atoms with Gasteiger partial charge in [-0.1, -0.05) is 18.9 Å². The monoisotopic (exact) mass is 330 g/mol. The predicted octanol–water partition coefficient (Wildman–Crippen LogP) is 3.05. The van der Waals surface area contributed by atoms with Crippen molar-refractivity contribution in [2.24, 2.45) is 5.92 Å². The lowest BCUT2D eigenvalue weighted by atomic mass is 10.1. The molecular weight excluding hydrogens is 300 g/mol. The quantitative estimate of drug-likeness (QED) is 0.903. The van der Waals surface area contributed by atoms with Gasteiger partial charge in [-0.3, -0.25) is 4.98 Å². The number of nitrogens with one attached hydrogen (secondary N) is 1. The van der Waals surface area contributed by atoms with Gasteiger partial charge in [-0.15, -0.1) is 0 Å². The zero-order valence-electron chi connectivity index (χ0n) is 14.9. The van der Waals surface area contributed by atoms with Crippen molar-refractivity contribution in [2.75, 3.05) is 26.7 Å². The Bertz CT molecular complexity index is 529. The molecule has 5 nitrogen and oxygen atoms in total. The van der Waals surface area contributed by atoms with Gasteiger partial charge in [0.25, 0.3) is 0 Å². The number of rotatable bonds is 5. The Morgan fingerprint density at radius 2 is 2.21 bits per heavy atom. The molecule has 1 aromatic rings. The van der Waals surface area contributed by atoms with E-state index in [-0.39, 0.29) is 18.1 Å². The predicted molar refractivity (Wildman–Crippen MR) is 95.7 cm³/mol. The summed E-state index contributed by atoms with van der Waals surface area (Å²) in [6.45, 7) is 5.37. The second-order valence-corrected chi connectivity index (χ2v) is 7.42. The fourth-order valence-electron chi connectivity index (χ4n) is 3.97. The maximum Gasteiger partial charge on any atom is 0.317 e. The van der Waals surface area contributed by atoms with Gasteiger partial charge in [0.2, 0.25) is 0 Å². The highest BCUT2D eigenvalue weighted by molar-refractivity contribution is 5.74. The van der Waals surface area contributed by atoms with E-state index < -0.39 is 0 Å². The number of carbonyl (C=O) groups excluding carboxylic acids is 1. The van der Waals surface area contributed by atoms with Crippen LogP contribution in [0.15, 0.2) is 24.5 Å². The number of urea groups is 1. The largest absolute Gasteiger partial charge is 0.334 e. The average molecular weight is 330 g/mol. The van der Waals surface area contributed by atoms with E-state index in [1.54, 1.807) is 11.1 Å². The third kappa shape index (κ3) is 4.26. The molecule has 1 aliphatic carbocycles. The molecule has 2 aliphatic rings. The van der Waals surface area contributed by atoms with Crippen LogP contribution in [0.1, 0.15) is 50.6 Å². The van der Waals surface area contributed by atoms with Crippen LogP contribution >= 0.6 is 0 Å². The van der Waals surface area contributed by atoms with Crippen LogP contribution < -0.4 is 5.32 Å². The number of hydrogen-bond donors (Lipinski definition) is 1. The molecule has 0 spiro atoms. The van der Waals surface area contributed by atoms with Gasteiger partial charge in [-0.05, 0) is 43.7 Å². The molecule has 1 N–H and O–H groups in total. The lowest BCUT2D eigenvalue weighted by molar-refractivity contribution is 0.189. The highest BCUT2D eigenvalue weighted by Gasteiger charge is 2.28. The molecule has 5 heteroatoms. The van der Waals surface area contributed by atoms with E-state index in [1.807, 2.05) is 32.3 Å². The van der Waals surface area contributed by atoms with Gasteiger partial charge in [0.15, 0.2) is 0 Å². The third-order valence-electron chi connectivity index (χ3n) is 5.66. The number of amides is 2. The van der Waals surface area contributed by atoms with E-state index in [4.69, 9.17) is 0 Å². The molecule has 0 aromatic carbocycles. The lowest BCUT2D eigenvalue weighted by Crippen LogP contribution is -2.45. The Balaban J connectivity index is 1.46. The zero-order valence-corrected chi connectivity index (χ0v) is 14.9. The van der Waals surface area contributed by atoms with Crippen LogP contribution in [-0.4, -0.2) is 53.5 Å². The fourth-order valence-corrected chi connectivity index (χ4v) is 3.97. The summed E-state index contributed by atoms with van der Waals surface area (Å²) in [5.74, 6) is 0.882. The molecular formula is C19H30N4O. The van der Waals surface area contributed by atoms with E-state index in [0.717, 1.165) is 31.0 Å². The number of aromatic nitrogens is 1. The van der Waals surface area contributed by atoms with Crippen molar-refractivity contribution >= 4 is 6.03 Å². The minimum absolute atomic E-state index is 0.0130. The van der Waals surface area contributed by atoms with Crippen molar-refractivity contribution in [3.8, 4) is 0 Å². The number of likely N-dealkylation sites (tertiary alicyclic amines) is 1. The Morgan fingerprint density at radius 1 is 1.42 bits per heavy atom. The first kappa shape index (κ1) is 17.2. The number of pyridine rings is 1. The maximum absolute atomic E-state index is 12.5. The standard InChI is InChI=1S/C19H30N4O/c1-15(17-8-5-10-20-12-17)22(2)19(24)21-18-9-11-23(14-18)13-16-6-3-4-7-16/h5,8,10,12,15-16,18H,3-4,6-7,9,11,13-14H2,1-2H3,(H,21,24)/t15-,18-/m1/s1. The number of nitrogens with zero attached hydrogens (tertiary/aromatic N) is 3. The molecule has 24 heavy (non-hydrogen) atoms. The molecule has 2 heterocycles. The summed E-state index contributed by atoms with van der Waals surface area (Å²) in [4.78, 5) is 21.0. The van der Waals surface area contributed by atoms with E-state index in [9.17, 15) is 4.79 Å². The minimum atomic E-state index is 0.0130. The molecule has 2 atom stereocenters. The third-order valence-corrected chi connectivity index (χ3v) is 5.66. The van der Waals surface area contributed by atoms with Crippen LogP contribution in [0.3, 0.4) is 0 Å². The van der Waals surface area contributed by atoms with Gasteiger partial charge in [0.05, 0.1) is 6.04 Å². The van der Waals surface area contributed by atoms with Gasteiger partial charge in [-0.25, -0.2) is 4.79 Å². The molecule has 1 saturated carbocycles. The first-order valence-corrected chi connectivity index (χ1v) is 9.29. The highest BCUT2D eigenvalue weighted by Crippen LogP contribution is 2.26. The van der Waals surface area contributed by atoms with Crippen LogP contribution in [0, 0.1) is 5.92 Å². The maximum atomic E-state index is 12.5. The second kappa shape index (κ2) is 7.97. The Kier molecular flexibility index (Phi) is 5.72. The van der Waals surface area contributed by atoms with Crippen molar-refractivity contribution in [1.82, 2.24) is 20.1 Å². The molecule has 1 aliphatic heterocycles. The van der Waals surface area contributed by atoms with Crippen molar-refractivity contribution in [2.45, 2.75) is 51.1 Å². The molecule has 1 aromatic heterocycles. The van der Waals surface area contributed by atoms with Gasteiger partial charge >= 0.3 is 6.03 Å². The Morgan fingerprint density at radius 3 is 2.92 bits per heavy atom. The summed E-state index contributed by atoms with van der Waals surface area (Å²) in [6.07, 6.45) is 10.2. The average Bonchev–Trinajstić information content (AvgIpc) is 3.27. The summed E-state index contributed by atoms with van der Waals surface area (Å²) in [7, 11) is 1.86. The normalized spacial score (nSPS) is 23.3. The molecule has 3 rings (SSSR count). The Labute approximate surface area is 145 Å².